The van der Waals surface area contributed by atoms with Gasteiger partial charge in [-0.15, -0.1) is 0 Å². The minimum Gasteiger partial charge on any atom is -0.456 e. The molecule has 33 heavy (non-hydrogen) atoms. The quantitative estimate of drug-likeness (QED) is 0.201. The lowest BCUT2D eigenvalue weighted by molar-refractivity contribution is -0.00535. The van der Waals surface area contributed by atoms with Crippen LogP contribution in [0.4, 0.5) is 9.59 Å². The standard InChI is InChI=1S/C24H37NO8/c1-7-8-13-24(5,6)32-20(26)18-9-11-19(12-10-18)31-22(28)30-17-16-29-15-14-25-21(27)33-23(2,3)4/h9-12H,7-8,13-17H2,1-6H3,(H,25,27). The first-order chi connectivity index (χ1) is 15.4. The first-order valence-electron chi connectivity index (χ1n) is 11.1. The third-order valence-corrected chi connectivity index (χ3v) is 4.15. The van der Waals surface area contributed by atoms with Crippen molar-refractivity contribution in [2.45, 2.75) is 72.0 Å². The maximum atomic E-state index is 12.3. The van der Waals surface area contributed by atoms with Crippen molar-refractivity contribution >= 4 is 18.2 Å². The SMILES string of the molecule is CCCCC(C)(C)OC(=O)c1ccc(OC(=O)OCCOCCNC(=O)OC(C)(C)C)cc1. The number of rotatable bonds is 12. The Balaban J connectivity index is 2.25. The lowest BCUT2D eigenvalue weighted by atomic mass is 10.0. The van der Waals surface area contributed by atoms with E-state index < -0.39 is 29.4 Å². The fraction of sp³-hybridized carbons (Fsp3) is 0.625. The van der Waals surface area contributed by atoms with Gasteiger partial charge >= 0.3 is 18.2 Å². The molecule has 1 amide bonds. The second-order valence-corrected chi connectivity index (χ2v) is 9.02. The van der Waals surface area contributed by atoms with Crippen LogP contribution in [0.3, 0.4) is 0 Å². The van der Waals surface area contributed by atoms with Crippen molar-refractivity contribution in [3.63, 3.8) is 0 Å². The largest absolute Gasteiger partial charge is 0.513 e. The Kier molecular flexibility index (Phi) is 11.7. The molecular weight excluding hydrogens is 430 g/mol. The van der Waals surface area contributed by atoms with E-state index in [2.05, 4.69) is 12.2 Å². The number of amides is 1. The molecular formula is C24H37NO8. The van der Waals surface area contributed by atoms with Gasteiger partial charge in [-0.05, 0) is 71.7 Å². The molecule has 0 spiro atoms. The van der Waals surface area contributed by atoms with Crippen LogP contribution in [0.15, 0.2) is 24.3 Å². The number of carbonyl (C=O) groups is 3. The monoisotopic (exact) mass is 467 g/mol. The number of benzene rings is 1. The summed E-state index contributed by atoms with van der Waals surface area (Å²) in [6.45, 7) is 11.8. The maximum absolute atomic E-state index is 12.3. The Morgan fingerprint density at radius 2 is 1.58 bits per heavy atom. The van der Waals surface area contributed by atoms with Crippen molar-refractivity contribution in [3.05, 3.63) is 29.8 Å². The number of alkyl carbamates (subject to hydrolysis) is 1. The van der Waals surface area contributed by atoms with Gasteiger partial charge < -0.3 is 29.0 Å². The highest BCUT2D eigenvalue weighted by atomic mass is 16.7. The Morgan fingerprint density at radius 3 is 2.18 bits per heavy atom. The van der Waals surface area contributed by atoms with Crippen molar-refractivity contribution in [1.82, 2.24) is 5.32 Å². The molecule has 0 fully saturated rings. The molecule has 0 unspecified atom stereocenters. The molecule has 186 valence electrons. The molecule has 1 N–H and O–H groups in total. The predicted molar refractivity (Wildman–Crippen MR) is 122 cm³/mol. The minimum atomic E-state index is -0.887. The lowest BCUT2D eigenvalue weighted by Crippen LogP contribution is -2.34. The van der Waals surface area contributed by atoms with E-state index in [-0.39, 0.29) is 32.1 Å². The third-order valence-electron chi connectivity index (χ3n) is 4.15. The molecule has 0 radical (unpaired) electrons. The van der Waals surface area contributed by atoms with E-state index in [1.807, 2.05) is 13.8 Å². The summed E-state index contributed by atoms with van der Waals surface area (Å²) >= 11 is 0. The summed E-state index contributed by atoms with van der Waals surface area (Å²) in [6.07, 6.45) is 1.38. The molecule has 9 heteroatoms. The molecule has 0 aliphatic heterocycles. The first kappa shape index (κ1) is 28.2. The second kappa shape index (κ2) is 13.7. The second-order valence-electron chi connectivity index (χ2n) is 9.02. The number of unbranched alkanes of at least 4 members (excludes halogenated alkanes) is 1. The zero-order valence-corrected chi connectivity index (χ0v) is 20.5. The lowest BCUT2D eigenvalue weighted by Gasteiger charge is -2.25. The van der Waals surface area contributed by atoms with Gasteiger partial charge in [-0.2, -0.15) is 0 Å². The van der Waals surface area contributed by atoms with E-state index in [4.69, 9.17) is 23.7 Å². The van der Waals surface area contributed by atoms with Gasteiger partial charge in [0.2, 0.25) is 0 Å². The van der Waals surface area contributed by atoms with Gasteiger partial charge in [0.1, 0.15) is 23.6 Å². The first-order valence-corrected chi connectivity index (χ1v) is 11.1. The van der Waals surface area contributed by atoms with Crippen LogP contribution in [0.2, 0.25) is 0 Å². The van der Waals surface area contributed by atoms with Gasteiger partial charge in [-0.25, -0.2) is 14.4 Å². The van der Waals surface area contributed by atoms with E-state index in [0.29, 0.717) is 5.56 Å². The Hall–Kier alpha value is -2.81. The molecule has 1 aromatic carbocycles. The highest BCUT2D eigenvalue weighted by molar-refractivity contribution is 5.89. The molecule has 0 aromatic heterocycles. The number of hydrogen-bond donors (Lipinski definition) is 1. The number of ether oxygens (including phenoxy) is 5. The van der Waals surface area contributed by atoms with Gasteiger partial charge in [0.25, 0.3) is 0 Å². The summed E-state index contributed by atoms with van der Waals surface area (Å²) in [5.41, 5.74) is -0.734. The van der Waals surface area contributed by atoms with Crippen molar-refractivity contribution < 1.29 is 38.1 Å². The van der Waals surface area contributed by atoms with Gasteiger partial charge in [0.15, 0.2) is 0 Å². The fourth-order valence-electron chi connectivity index (χ4n) is 2.57. The third kappa shape index (κ3) is 13.4. The van der Waals surface area contributed by atoms with Gasteiger partial charge in [0.05, 0.1) is 18.8 Å². The summed E-state index contributed by atoms with van der Waals surface area (Å²) in [5, 5.41) is 2.55. The molecule has 1 rings (SSSR count). The van der Waals surface area contributed by atoms with E-state index in [9.17, 15) is 14.4 Å². The van der Waals surface area contributed by atoms with Crippen LogP contribution < -0.4 is 10.1 Å². The topological polar surface area (TPSA) is 109 Å². The molecule has 0 heterocycles. The van der Waals surface area contributed by atoms with E-state index in [1.165, 1.54) is 24.3 Å². The van der Waals surface area contributed by atoms with Crippen LogP contribution in [-0.2, 0) is 18.9 Å². The average molecular weight is 468 g/mol. The highest BCUT2D eigenvalue weighted by Crippen LogP contribution is 2.21. The molecule has 0 bridgehead atoms. The number of carbonyl (C=O) groups excluding carboxylic acids is 3. The number of esters is 1. The summed E-state index contributed by atoms with van der Waals surface area (Å²) < 4.78 is 25.9. The van der Waals surface area contributed by atoms with Crippen molar-refractivity contribution in [2.75, 3.05) is 26.4 Å². The van der Waals surface area contributed by atoms with Crippen LogP contribution >= 0.6 is 0 Å². The molecule has 0 aliphatic rings. The molecule has 0 atom stereocenters. The predicted octanol–water partition coefficient (Wildman–Crippen LogP) is 4.87. The Labute approximate surface area is 196 Å². The molecule has 0 saturated heterocycles. The zero-order valence-electron chi connectivity index (χ0n) is 20.5. The summed E-state index contributed by atoms with van der Waals surface area (Å²) in [7, 11) is 0. The number of nitrogens with one attached hydrogen (secondary N) is 1. The zero-order chi connectivity index (χ0) is 24.9. The number of hydrogen-bond acceptors (Lipinski definition) is 8. The van der Waals surface area contributed by atoms with Gasteiger partial charge in [-0.1, -0.05) is 13.3 Å². The van der Waals surface area contributed by atoms with Crippen LogP contribution in [0.25, 0.3) is 0 Å². The van der Waals surface area contributed by atoms with Crippen LogP contribution in [0, 0.1) is 0 Å². The molecule has 9 nitrogen and oxygen atoms in total. The van der Waals surface area contributed by atoms with E-state index >= 15 is 0 Å². The van der Waals surface area contributed by atoms with Crippen LogP contribution in [-0.4, -0.2) is 55.8 Å². The van der Waals surface area contributed by atoms with Gasteiger partial charge in [-0.3, -0.25) is 0 Å². The van der Waals surface area contributed by atoms with Crippen molar-refractivity contribution in [3.8, 4) is 5.75 Å². The van der Waals surface area contributed by atoms with E-state index in [1.54, 1.807) is 20.8 Å². The summed E-state index contributed by atoms with van der Waals surface area (Å²) in [5.74, 6) is -0.187. The van der Waals surface area contributed by atoms with E-state index in [0.717, 1.165) is 19.3 Å². The Bertz CT molecular complexity index is 753. The van der Waals surface area contributed by atoms with Crippen LogP contribution in [0.5, 0.6) is 5.75 Å². The molecule has 1 aromatic rings. The summed E-state index contributed by atoms with van der Waals surface area (Å²) in [6, 6.07) is 6.05. The van der Waals surface area contributed by atoms with Crippen molar-refractivity contribution in [1.29, 1.82) is 0 Å². The normalized spacial score (nSPS) is 11.5. The molecule has 0 aliphatic carbocycles. The average Bonchev–Trinajstić information content (AvgIpc) is 2.70. The van der Waals surface area contributed by atoms with Gasteiger partial charge in [0, 0.05) is 6.54 Å². The fourth-order valence-corrected chi connectivity index (χ4v) is 2.57. The van der Waals surface area contributed by atoms with Crippen molar-refractivity contribution in [2.24, 2.45) is 0 Å². The minimum absolute atomic E-state index is 0.0114. The highest BCUT2D eigenvalue weighted by Gasteiger charge is 2.23. The summed E-state index contributed by atoms with van der Waals surface area (Å²) in [4.78, 5) is 35.5. The maximum Gasteiger partial charge on any atom is 0.513 e. The Morgan fingerprint density at radius 1 is 0.909 bits per heavy atom. The van der Waals surface area contributed by atoms with Crippen LogP contribution in [0.1, 0.15) is 71.2 Å². The smallest absolute Gasteiger partial charge is 0.456 e. The molecule has 0 saturated carbocycles.